The van der Waals surface area contributed by atoms with E-state index in [1.807, 2.05) is 46.7 Å². The van der Waals surface area contributed by atoms with Gasteiger partial charge in [-0.2, -0.15) is 11.3 Å². The SMILES string of the molecule is O=C(c1cc(-c2ccsc2)nc2ccccc12)N1CCOCC1. The van der Waals surface area contributed by atoms with Crippen molar-refractivity contribution in [1.29, 1.82) is 0 Å². The zero-order valence-corrected chi connectivity index (χ0v) is 13.4. The largest absolute Gasteiger partial charge is 0.378 e. The second-order valence-electron chi connectivity index (χ2n) is 5.49. The molecule has 1 aliphatic heterocycles. The van der Waals surface area contributed by atoms with Gasteiger partial charge in [0.1, 0.15) is 0 Å². The van der Waals surface area contributed by atoms with Crippen LogP contribution in [-0.2, 0) is 4.74 Å². The van der Waals surface area contributed by atoms with Crippen molar-refractivity contribution in [2.24, 2.45) is 0 Å². The molecule has 0 bridgehead atoms. The quantitative estimate of drug-likeness (QED) is 0.725. The number of benzene rings is 1. The van der Waals surface area contributed by atoms with E-state index in [4.69, 9.17) is 9.72 Å². The molecule has 116 valence electrons. The highest BCUT2D eigenvalue weighted by Crippen LogP contribution is 2.27. The summed E-state index contributed by atoms with van der Waals surface area (Å²) in [5, 5.41) is 4.98. The van der Waals surface area contributed by atoms with Crippen molar-refractivity contribution >= 4 is 28.1 Å². The summed E-state index contributed by atoms with van der Waals surface area (Å²) in [6, 6.07) is 11.8. The number of carbonyl (C=O) groups is 1. The fraction of sp³-hybridized carbons (Fsp3) is 0.222. The molecule has 3 aromatic rings. The smallest absolute Gasteiger partial charge is 0.254 e. The average Bonchev–Trinajstić information content (AvgIpc) is 3.15. The predicted molar refractivity (Wildman–Crippen MR) is 91.8 cm³/mol. The molecule has 0 atom stereocenters. The van der Waals surface area contributed by atoms with Crippen molar-refractivity contribution < 1.29 is 9.53 Å². The normalized spacial score (nSPS) is 15.0. The van der Waals surface area contributed by atoms with Gasteiger partial charge in [-0.05, 0) is 23.6 Å². The third-order valence-electron chi connectivity index (χ3n) is 4.06. The summed E-state index contributed by atoms with van der Waals surface area (Å²) < 4.78 is 5.35. The fourth-order valence-corrected chi connectivity index (χ4v) is 3.50. The maximum absolute atomic E-state index is 13.0. The summed E-state index contributed by atoms with van der Waals surface area (Å²) in [5.41, 5.74) is 3.48. The molecule has 3 heterocycles. The second kappa shape index (κ2) is 6.10. The number of ether oxygens (including phenoxy) is 1. The van der Waals surface area contributed by atoms with Gasteiger partial charge in [0.25, 0.3) is 5.91 Å². The van der Waals surface area contributed by atoms with Gasteiger partial charge in [-0.15, -0.1) is 0 Å². The maximum Gasteiger partial charge on any atom is 0.254 e. The zero-order chi connectivity index (χ0) is 15.6. The van der Waals surface area contributed by atoms with E-state index in [9.17, 15) is 4.79 Å². The first-order chi connectivity index (χ1) is 11.3. The highest BCUT2D eigenvalue weighted by Gasteiger charge is 2.21. The lowest BCUT2D eigenvalue weighted by molar-refractivity contribution is 0.0304. The first-order valence-corrected chi connectivity index (χ1v) is 8.56. The molecule has 4 rings (SSSR count). The van der Waals surface area contributed by atoms with Crippen molar-refractivity contribution in [3.63, 3.8) is 0 Å². The molecule has 23 heavy (non-hydrogen) atoms. The number of amides is 1. The minimum Gasteiger partial charge on any atom is -0.378 e. The molecular weight excluding hydrogens is 308 g/mol. The van der Waals surface area contributed by atoms with Gasteiger partial charge in [0, 0.05) is 29.4 Å². The summed E-state index contributed by atoms with van der Waals surface area (Å²) in [7, 11) is 0. The van der Waals surface area contributed by atoms with Crippen LogP contribution < -0.4 is 0 Å². The summed E-state index contributed by atoms with van der Waals surface area (Å²) in [6.45, 7) is 2.49. The molecular formula is C18H16N2O2S. The molecule has 0 unspecified atom stereocenters. The van der Waals surface area contributed by atoms with Gasteiger partial charge in [0.2, 0.25) is 0 Å². The number of carbonyl (C=O) groups excluding carboxylic acids is 1. The molecule has 1 aliphatic rings. The molecule has 4 nitrogen and oxygen atoms in total. The number of hydrogen-bond donors (Lipinski definition) is 0. The monoisotopic (exact) mass is 324 g/mol. The summed E-state index contributed by atoms with van der Waals surface area (Å²) >= 11 is 1.63. The number of thiophene rings is 1. The third-order valence-corrected chi connectivity index (χ3v) is 4.75. The van der Waals surface area contributed by atoms with Crippen LogP contribution in [0, 0.1) is 0 Å². The highest BCUT2D eigenvalue weighted by molar-refractivity contribution is 7.08. The van der Waals surface area contributed by atoms with Crippen LogP contribution in [0.15, 0.2) is 47.2 Å². The number of morpholine rings is 1. The lowest BCUT2D eigenvalue weighted by Gasteiger charge is -2.27. The molecule has 1 amide bonds. The van der Waals surface area contributed by atoms with E-state index >= 15 is 0 Å². The number of pyridine rings is 1. The number of hydrogen-bond acceptors (Lipinski definition) is 4. The van der Waals surface area contributed by atoms with E-state index in [1.165, 1.54) is 0 Å². The van der Waals surface area contributed by atoms with Gasteiger partial charge in [-0.1, -0.05) is 18.2 Å². The summed E-state index contributed by atoms with van der Waals surface area (Å²) in [6.07, 6.45) is 0. The molecule has 1 aromatic carbocycles. The van der Waals surface area contributed by atoms with Gasteiger partial charge < -0.3 is 9.64 Å². The van der Waals surface area contributed by atoms with Crippen LogP contribution in [0.4, 0.5) is 0 Å². The molecule has 0 aliphatic carbocycles. The van der Waals surface area contributed by atoms with Crippen LogP contribution in [0.3, 0.4) is 0 Å². The Kier molecular flexibility index (Phi) is 3.81. The van der Waals surface area contributed by atoms with Gasteiger partial charge in [-0.25, -0.2) is 4.98 Å². The number of rotatable bonds is 2. The van der Waals surface area contributed by atoms with Crippen molar-refractivity contribution in [3.8, 4) is 11.3 Å². The Bertz CT molecular complexity index is 839. The standard InChI is InChI=1S/C18H16N2O2S/c21-18(20-6-8-22-9-7-20)15-11-17(13-5-10-23-12-13)19-16-4-2-1-3-14(15)16/h1-5,10-12H,6-9H2. The van der Waals surface area contributed by atoms with Gasteiger partial charge in [0.05, 0.1) is 30.0 Å². The van der Waals surface area contributed by atoms with Crippen LogP contribution in [0.1, 0.15) is 10.4 Å². The Morgan fingerprint density at radius 1 is 1.17 bits per heavy atom. The lowest BCUT2D eigenvalue weighted by atomic mass is 10.0. The Morgan fingerprint density at radius 2 is 2.00 bits per heavy atom. The first kappa shape index (κ1) is 14.4. The van der Waals surface area contributed by atoms with Gasteiger partial charge >= 0.3 is 0 Å². The first-order valence-electron chi connectivity index (χ1n) is 7.62. The number of fused-ring (bicyclic) bond motifs is 1. The maximum atomic E-state index is 13.0. The van der Waals surface area contributed by atoms with Gasteiger partial charge in [0.15, 0.2) is 0 Å². The number of nitrogens with zero attached hydrogens (tertiary/aromatic N) is 2. The van der Waals surface area contributed by atoms with Crippen LogP contribution in [0.25, 0.3) is 22.2 Å². The van der Waals surface area contributed by atoms with Crippen LogP contribution in [0.2, 0.25) is 0 Å². The van der Waals surface area contributed by atoms with Crippen LogP contribution in [-0.4, -0.2) is 42.1 Å². The second-order valence-corrected chi connectivity index (χ2v) is 6.27. The molecule has 0 radical (unpaired) electrons. The Morgan fingerprint density at radius 3 is 2.78 bits per heavy atom. The number of aromatic nitrogens is 1. The van der Waals surface area contributed by atoms with Gasteiger partial charge in [-0.3, -0.25) is 4.79 Å². The van der Waals surface area contributed by atoms with Crippen molar-refractivity contribution in [2.45, 2.75) is 0 Å². The Hall–Kier alpha value is -2.24. The van der Waals surface area contributed by atoms with Crippen LogP contribution in [0.5, 0.6) is 0 Å². The minimum absolute atomic E-state index is 0.0587. The van der Waals surface area contributed by atoms with Crippen molar-refractivity contribution in [2.75, 3.05) is 26.3 Å². The number of para-hydroxylation sites is 1. The van der Waals surface area contributed by atoms with E-state index in [0.29, 0.717) is 26.3 Å². The summed E-state index contributed by atoms with van der Waals surface area (Å²) in [5.74, 6) is 0.0587. The lowest BCUT2D eigenvalue weighted by Crippen LogP contribution is -2.40. The van der Waals surface area contributed by atoms with E-state index in [1.54, 1.807) is 11.3 Å². The Labute approximate surface area is 138 Å². The minimum atomic E-state index is 0.0587. The molecule has 0 spiro atoms. The Balaban J connectivity index is 1.84. The molecule has 1 fully saturated rings. The highest BCUT2D eigenvalue weighted by atomic mass is 32.1. The van der Waals surface area contributed by atoms with Crippen molar-refractivity contribution in [3.05, 3.63) is 52.7 Å². The topological polar surface area (TPSA) is 42.4 Å². The van der Waals surface area contributed by atoms with Crippen molar-refractivity contribution in [1.82, 2.24) is 9.88 Å². The molecule has 0 N–H and O–H groups in total. The van der Waals surface area contributed by atoms with E-state index in [2.05, 4.69) is 5.38 Å². The zero-order valence-electron chi connectivity index (χ0n) is 12.6. The summed E-state index contributed by atoms with van der Waals surface area (Å²) in [4.78, 5) is 19.6. The average molecular weight is 324 g/mol. The molecule has 1 saturated heterocycles. The fourth-order valence-electron chi connectivity index (χ4n) is 2.85. The van der Waals surface area contributed by atoms with Crippen LogP contribution >= 0.6 is 11.3 Å². The molecule has 0 saturated carbocycles. The molecule has 2 aromatic heterocycles. The van der Waals surface area contributed by atoms with E-state index in [0.717, 1.165) is 27.7 Å². The molecule has 5 heteroatoms. The predicted octanol–water partition coefficient (Wildman–Crippen LogP) is 3.44. The van der Waals surface area contributed by atoms with E-state index in [-0.39, 0.29) is 5.91 Å². The third kappa shape index (κ3) is 2.73. The van der Waals surface area contributed by atoms with E-state index < -0.39 is 0 Å².